The SMILES string of the molecule is CC1=C(C(N)=O)SC(N2CCN(Cc3ccc(OC(F)(F)F)cc3)C2=O)N1C=Cc1ccccc1. The van der Waals surface area contributed by atoms with Gasteiger partial charge >= 0.3 is 12.4 Å². The second kappa shape index (κ2) is 9.95. The van der Waals surface area contributed by atoms with Gasteiger partial charge in [0.05, 0.1) is 4.91 Å². The molecule has 11 heteroatoms. The van der Waals surface area contributed by atoms with Crippen molar-refractivity contribution in [2.24, 2.45) is 5.73 Å². The standard InChI is InChI=1S/C24H23F3N4O3S/c1-16-20(21(28)32)35-23(30(16)12-11-17-5-3-2-4-6-17)31-14-13-29(22(31)33)15-18-7-9-19(10-8-18)34-24(25,26)27/h2-12,23H,13-15H2,1H3,(H2,28,32). The van der Waals surface area contributed by atoms with E-state index in [1.54, 1.807) is 16.7 Å². The monoisotopic (exact) mass is 504 g/mol. The Balaban J connectivity index is 1.47. The molecule has 0 spiro atoms. The van der Waals surface area contributed by atoms with Crippen molar-refractivity contribution >= 4 is 29.8 Å². The van der Waals surface area contributed by atoms with Gasteiger partial charge in [-0.3, -0.25) is 9.69 Å². The molecule has 35 heavy (non-hydrogen) atoms. The normalized spacial score (nSPS) is 18.8. The van der Waals surface area contributed by atoms with Crippen molar-refractivity contribution in [2.45, 2.75) is 25.3 Å². The number of primary amides is 1. The zero-order chi connectivity index (χ0) is 25.2. The maximum atomic E-state index is 13.2. The number of nitrogens with zero attached hydrogens (tertiary/aromatic N) is 3. The zero-order valence-electron chi connectivity index (χ0n) is 18.7. The number of urea groups is 1. The minimum absolute atomic E-state index is 0.230. The third-order valence-corrected chi connectivity index (χ3v) is 6.98. The van der Waals surface area contributed by atoms with E-state index in [9.17, 15) is 22.8 Å². The molecule has 2 aromatic carbocycles. The Morgan fingerprint density at radius 2 is 1.83 bits per heavy atom. The number of carbonyl (C=O) groups is 2. The van der Waals surface area contributed by atoms with E-state index in [-0.39, 0.29) is 18.3 Å². The van der Waals surface area contributed by atoms with Gasteiger partial charge < -0.3 is 20.3 Å². The number of allylic oxidation sites excluding steroid dienone is 1. The van der Waals surface area contributed by atoms with Crippen LogP contribution in [0.25, 0.3) is 6.08 Å². The summed E-state index contributed by atoms with van der Waals surface area (Å²) in [6.07, 6.45) is -1.04. The van der Waals surface area contributed by atoms with Crippen LogP contribution in [0.5, 0.6) is 5.75 Å². The van der Waals surface area contributed by atoms with Gasteiger partial charge in [0.2, 0.25) is 0 Å². The summed E-state index contributed by atoms with van der Waals surface area (Å²) >= 11 is 1.22. The highest BCUT2D eigenvalue weighted by Gasteiger charge is 2.42. The highest BCUT2D eigenvalue weighted by Crippen LogP contribution is 2.41. The molecular formula is C24H23F3N4O3S. The minimum Gasteiger partial charge on any atom is -0.406 e. The molecule has 3 amide bonds. The lowest BCUT2D eigenvalue weighted by molar-refractivity contribution is -0.274. The van der Waals surface area contributed by atoms with Gasteiger partial charge in [0, 0.05) is 31.5 Å². The Kier molecular flexibility index (Phi) is 6.97. The molecule has 2 heterocycles. The van der Waals surface area contributed by atoms with Crippen LogP contribution in [-0.4, -0.2) is 51.6 Å². The van der Waals surface area contributed by atoms with Crippen molar-refractivity contribution in [3.05, 3.63) is 82.5 Å². The fraction of sp³-hybridized carbons (Fsp3) is 0.250. The van der Waals surface area contributed by atoms with Crippen LogP contribution in [0.3, 0.4) is 0 Å². The van der Waals surface area contributed by atoms with E-state index >= 15 is 0 Å². The predicted octanol–water partition coefficient (Wildman–Crippen LogP) is 4.54. The van der Waals surface area contributed by atoms with Crippen LogP contribution in [0, 0.1) is 0 Å². The Morgan fingerprint density at radius 3 is 2.46 bits per heavy atom. The Bertz CT molecular complexity index is 1150. The van der Waals surface area contributed by atoms with E-state index in [4.69, 9.17) is 5.73 Å². The molecule has 4 rings (SSSR count). The second-order valence-electron chi connectivity index (χ2n) is 7.95. The van der Waals surface area contributed by atoms with Gasteiger partial charge in [-0.05, 0) is 36.3 Å². The highest BCUT2D eigenvalue weighted by molar-refractivity contribution is 8.04. The molecule has 1 fully saturated rings. The maximum Gasteiger partial charge on any atom is 0.573 e. The van der Waals surface area contributed by atoms with Crippen molar-refractivity contribution in [3.8, 4) is 5.75 Å². The maximum absolute atomic E-state index is 13.2. The first-order valence-electron chi connectivity index (χ1n) is 10.7. The number of rotatable bonds is 7. The zero-order valence-corrected chi connectivity index (χ0v) is 19.6. The number of hydrogen-bond acceptors (Lipinski definition) is 5. The summed E-state index contributed by atoms with van der Waals surface area (Å²) < 4.78 is 41.0. The molecule has 0 aromatic heterocycles. The van der Waals surface area contributed by atoms with Crippen LogP contribution < -0.4 is 10.5 Å². The fourth-order valence-corrected chi connectivity index (χ4v) is 5.13. The lowest BCUT2D eigenvalue weighted by atomic mass is 10.2. The van der Waals surface area contributed by atoms with Crippen molar-refractivity contribution in [1.82, 2.24) is 14.7 Å². The topological polar surface area (TPSA) is 79.1 Å². The average Bonchev–Trinajstić information content (AvgIpc) is 3.32. The van der Waals surface area contributed by atoms with E-state index in [0.717, 1.165) is 5.56 Å². The largest absolute Gasteiger partial charge is 0.573 e. The molecule has 1 saturated heterocycles. The number of alkyl halides is 3. The molecule has 2 aliphatic heterocycles. The Morgan fingerprint density at radius 1 is 1.14 bits per heavy atom. The molecular weight excluding hydrogens is 481 g/mol. The number of carbonyl (C=O) groups excluding carboxylic acids is 2. The van der Waals surface area contributed by atoms with Crippen LogP contribution in [0.4, 0.5) is 18.0 Å². The van der Waals surface area contributed by atoms with E-state index in [0.29, 0.717) is 29.3 Å². The third kappa shape index (κ3) is 5.73. The van der Waals surface area contributed by atoms with Crippen molar-refractivity contribution in [3.63, 3.8) is 0 Å². The van der Waals surface area contributed by atoms with E-state index in [2.05, 4.69) is 4.74 Å². The minimum atomic E-state index is -4.76. The molecule has 0 bridgehead atoms. The van der Waals surface area contributed by atoms with Gasteiger partial charge in [0.15, 0.2) is 5.50 Å². The number of benzene rings is 2. The van der Waals surface area contributed by atoms with Crippen LogP contribution in [0.15, 0.2) is 71.4 Å². The molecule has 0 saturated carbocycles. The average molecular weight is 505 g/mol. The highest BCUT2D eigenvalue weighted by atomic mass is 32.2. The lowest BCUT2D eigenvalue weighted by Gasteiger charge is -2.31. The number of ether oxygens (including phenoxy) is 1. The number of hydrogen-bond donors (Lipinski definition) is 1. The summed E-state index contributed by atoms with van der Waals surface area (Å²) in [6, 6.07) is 14.8. The lowest BCUT2D eigenvalue weighted by Crippen LogP contribution is -2.43. The molecule has 0 aliphatic carbocycles. The Hall–Kier alpha value is -3.60. The smallest absolute Gasteiger partial charge is 0.406 e. The van der Waals surface area contributed by atoms with E-state index in [1.165, 1.54) is 36.0 Å². The number of halogens is 3. The first-order valence-corrected chi connectivity index (χ1v) is 11.6. The number of thioether (sulfide) groups is 1. The molecule has 2 aromatic rings. The van der Waals surface area contributed by atoms with Gasteiger partial charge in [0.25, 0.3) is 5.91 Å². The first-order chi connectivity index (χ1) is 16.6. The van der Waals surface area contributed by atoms with Crippen LogP contribution in [0.1, 0.15) is 18.1 Å². The van der Waals surface area contributed by atoms with Crippen molar-refractivity contribution in [1.29, 1.82) is 0 Å². The van der Waals surface area contributed by atoms with Gasteiger partial charge in [-0.25, -0.2) is 4.79 Å². The molecule has 7 nitrogen and oxygen atoms in total. The molecule has 2 N–H and O–H groups in total. The van der Waals surface area contributed by atoms with Gasteiger partial charge in [-0.15, -0.1) is 13.2 Å². The third-order valence-electron chi connectivity index (χ3n) is 5.55. The summed E-state index contributed by atoms with van der Waals surface area (Å²) in [6.45, 7) is 2.86. The summed E-state index contributed by atoms with van der Waals surface area (Å²) in [5, 5.41) is 0. The summed E-state index contributed by atoms with van der Waals surface area (Å²) in [5.41, 5.74) is 7.37. The van der Waals surface area contributed by atoms with Crippen LogP contribution in [-0.2, 0) is 11.3 Å². The van der Waals surface area contributed by atoms with Gasteiger partial charge in [-0.2, -0.15) is 0 Å². The van der Waals surface area contributed by atoms with Crippen molar-refractivity contribution < 1.29 is 27.5 Å². The quantitative estimate of drug-likeness (QED) is 0.599. The van der Waals surface area contributed by atoms with Crippen LogP contribution >= 0.6 is 11.8 Å². The Labute approximate surface area is 204 Å². The molecule has 1 unspecified atom stereocenters. The van der Waals surface area contributed by atoms with E-state index in [1.807, 2.05) is 47.5 Å². The molecule has 1 atom stereocenters. The number of amides is 3. The predicted molar refractivity (Wildman–Crippen MR) is 126 cm³/mol. The summed E-state index contributed by atoms with van der Waals surface area (Å²) in [5.74, 6) is -0.878. The molecule has 0 radical (unpaired) electrons. The number of nitrogens with two attached hydrogens (primary N) is 1. The summed E-state index contributed by atoms with van der Waals surface area (Å²) in [4.78, 5) is 30.7. The summed E-state index contributed by atoms with van der Waals surface area (Å²) in [7, 11) is 0. The first kappa shape index (κ1) is 24.5. The van der Waals surface area contributed by atoms with Gasteiger partial charge in [-0.1, -0.05) is 54.2 Å². The molecule has 2 aliphatic rings. The second-order valence-corrected chi connectivity index (χ2v) is 9.01. The molecule has 184 valence electrons. The van der Waals surface area contributed by atoms with Crippen molar-refractivity contribution in [2.75, 3.05) is 13.1 Å². The van der Waals surface area contributed by atoms with E-state index < -0.39 is 17.8 Å². The van der Waals surface area contributed by atoms with Gasteiger partial charge in [0.1, 0.15) is 5.75 Å². The fourth-order valence-electron chi connectivity index (χ4n) is 3.87. The van der Waals surface area contributed by atoms with Crippen LogP contribution in [0.2, 0.25) is 0 Å².